The minimum atomic E-state index is -3.19. The van der Waals surface area contributed by atoms with Gasteiger partial charge < -0.3 is 4.90 Å². The molecule has 0 spiro atoms. The first-order chi connectivity index (χ1) is 12.0. The minimum absolute atomic E-state index is 0.454. The van der Waals surface area contributed by atoms with E-state index in [-0.39, 0.29) is 0 Å². The van der Waals surface area contributed by atoms with Crippen LogP contribution in [0.3, 0.4) is 0 Å². The molecule has 0 unspecified atom stereocenters. The van der Waals surface area contributed by atoms with E-state index in [1.807, 2.05) is 6.07 Å². The summed E-state index contributed by atoms with van der Waals surface area (Å²) in [5, 5.41) is 3.35. The third-order valence-corrected chi connectivity index (χ3v) is 7.71. The van der Waals surface area contributed by atoms with Gasteiger partial charge in [0.05, 0.1) is 29.7 Å². The van der Waals surface area contributed by atoms with Gasteiger partial charge in [-0.1, -0.05) is 30.7 Å². The van der Waals surface area contributed by atoms with Gasteiger partial charge in [-0.15, -0.1) is 0 Å². The number of amidine groups is 1. The fourth-order valence-electron chi connectivity index (χ4n) is 4.51. The van der Waals surface area contributed by atoms with E-state index < -0.39 is 10.0 Å². The van der Waals surface area contributed by atoms with Crippen molar-refractivity contribution in [3.8, 4) is 0 Å². The molecule has 1 aliphatic carbocycles. The zero-order chi connectivity index (χ0) is 17.2. The Morgan fingerprint density at radius 1 is 1.24 bits per heavy atom. The molecule has 0 aromatic heterocycles. The second-order valence-electron chi connectivity index (χ2n) is 7.25. The van der Waals surface area contributed by atoms with Gasteiger partial charge in [0.25, 0.3) is 0 Å². The predicted molar refractivity (Wildman–Crippen MR) is 103 cm³/mol. The Kier molecular flexibility index (Phi) is 3.47. The SMILES string of the molecule is CS(=O)(=O)N1CCc2cc(C3=CSC4=N[C@H]5CCCC[C@@H]5N34)ccc21. The number of anilines is 1. The van der Waals surface area contributed by atoms with Gasteiger partial charge in [-0.2, -0.15) is 0 Å². The van der Waals surface area contributed by atoms with Crippen molar-refractivity contribution >= 4 is 38.3 Å². The molecule has 1 aromatic rings. The van der Waals surface area contributed by atoms with Gasteiger partial charge in [-0.3, -0.25) is 9.30 Å². The van der Waals surface area contributed by atoms with E-state index in [1.165, 1.54) is 47.5 Å². The average molecular weight is 376 g/mol. The quantitative estimate of drug-likeness (QED) is 0.797. The summed E-state index contributed by atoms with van der Waals surface area (Å²) in [6.07, 6.45) is 7.04. The highest BCUT2D eigenvalue weighted by Gasteiger charge is 2.42. The van der Waals surface area contributed by atoms with Crippen LogP contribution in [-0.4, -0.2) is 43.4 Å². The van der Waals surface area contributed by atoms with Gasteiger partial charge >= 0.3 is 0 Å². The minimum Gasteiger partial charge on any atom is -0.315 e. The highest BCUT2D eigenvalue weighted by Crippen LogP contribution is 2.45. The van der Waals surface area contributed by atoms with Crippen molar-refractivity contribution in [1.82, 2.24) is 4.90 Å². The zero-order valence-corrected chi connectivity index (χ0v) is 15.8. The normalized spacial score (nSPS) is 27.7. The van der Waals surface area contributed by atoms with Gasteiger partial charge in [0.15, 0.2) is 5.17 Å². The summed E-state index contributed by atoms with van der Waals surface area (Å²) in [4.78, 5) is 7.36. The van der Waals surface area contributed by atoms with E-state index in [0.717, 1.165) is 22.8 Å². The number of fused-ring (bicyclic) bond motifs is 4. The molecule has 5 rings (SSSR count). The first-order valence-corrected chi connectivity index (χ1v) is 11.6. The number of benzene rings is 1. The molecular formula is C18H21N3O2S2. The number of rotatable bonds is 2. The Hall–Kier alpha value is -1.47. The summed E-state index contributed by atoms with van der Waals surface area (Å²) in [7, 11) is -3.19. The monoisotopic (exact) mass is 375 g/mol. The lowest BCUT2D eigenvalue weighted by Gasteiger charge is -2.32. The van der Waals surface area contributed by atoms with E-state index in [0.29, 0.717) is 18.6 Å². The first kappa shape index (κ1) is 15.8. The van der Waals surface area contributed by atoms with Crippen LogP contribution in [0.25, 0.3) is 5.70 Å². The second kappa shape index (κ2) is 5.51. The van der Waals surface area contributed by atoms with E-state index in [1.54, 1.807) is 11.8 Å². The molecule has 0 amide bonds. The number of hydrogen-bond donors (Lipinski definition) is 0. The first-order valence-electron chi connectivity index (χ1n) is 8.87. The molecule has 25 heavy (non-hydrogen) atoms. The van der Waals surface area contributed by atoms with Crippen LogP contribution in [0.15, 0.2) is 28.6 Å². The van der Waals surface area contributed by atoms with Gasteiger partial charge in [-0.05, 0) is 42.5 Å². The maximum Gasteiger partial charge on any atom is 0.232 e. The lowest BCUT2D eigenvalue weighted by atomic mass is 9.90. The Balaban J connectivity index is 1.48. The van der Waals surface area contributed by atoms with Crippen molar-refractivity contribution in [2.45, 2.75) is 44.2 Å². The largest absolute Gasteiger partial charge is 0.315 e. The maximum atomic E-state index is 11.9. The number of thioether (sulfide) groups is 1. The van der Waals surface area contributed by atoms with Crippen LogP contribution < -0.4 is 4.31 Å². The number of hydrogen-bond acceptors (Lipinski definition) is 5. The smallest absolute Gasteiger partial charge is 0.232 e. The molecule has 3 aliphatic heterocycles. The maximum absolute atomic E-state index is 11.9. The number of sulfonamides is 1. The molecule has 0 N–H and O–H groups in total. The molecule has 0 saturated heterocycles. The fourth-order valence-corrected chi connectivity index (χ4v) is 6.47. The molecule has 1 fully saturated rings. The molecular weight excluding hydrogens is 354 g/mol. The van der Waals surface area contributed by atoms with Crippen molar-refractivity contribution in [2.75, 3.05) is 17.1 Å². The van der Waals surface area contributed by atoms with Crippen molar-refractivity contribution < 1.29 is 8.42 Å². The van der Waals surface area contributed by atoms with Crippen LogP contribution in [0.4, 0.5) is 5.69 Å². The Morgan fingerprint density at radius 2 is 2.08 bits per heavy atom. The summed E-state index contributed by atoms with van der Waals surface area (Å²) in [6, 6.07) is 7.16. The summed E-state index contributed by atoms with van der Waals surface area (Å²) in [5.74, 6) is 0. The summed E-state index contributed by atoms with van der Waals surface area (Å²) in [6.45, 7) is 0.548. The molecule has 1 saturated carbocycles. The Labute approximate surface area is 152 Å². The van der Waals surface area contributed by atoms with Gasteiger partial charge in [0.1, 0.15) is 0 Å². The molecule has 2 atom stereocenters. The van der Waals surface area contributed by atoms with Crippen molar-refractivity contribution in [1.29, 1.82) is 0 Å². The molecule has 3 heterocycles. The molecule has 1 aromatic carbocycles. The highest BCUT2D eigenvalue weighted by atomic mass is 32.2. The molecule has 0 bridgehead atoms. The van der Waals surface area contributed by atoms with E-state index in [9.17, 15) is 8.42 Å². The van der Waals surface area contributed by atoms with Gasteiger partial charge in [0, 0.05) is 12.0 Å². The fraction of sp³-hybridized carbons (Fsp3) is 0.500. The van der Waals surface area contributed by atoms with Crippen molar-refractivity contribution in [2.24, 2.45) is 4.99 Å². The van der Waals surface area contributed by atoms with E-state index in [2.05, 4.69) is 22.4 Å². The summed E-state index contributed by atoms with van der Waals surface area (Å²) < 4.78 is 25.4. The lowest BCUT2D eigenvalue weighted by molar-refractivity contribution is 0.305. The van der Waals surface area contributed by atoms with Crippen LogP contribution >= 0.6 is 11.8 Å². The van der Waals surface area contributed by atoms with Crippen LogP contribution in [-0.2, 0) is 16.4 Å². The van der Waals surface area contributed by atoms with E-state index in [4.69, 9.17) is 4.99 Å². The van der Waals surface area contributed by atoms with Crippen LogP contribution in [0.5, 0.6) is 0 Å². The van der Waals surface area contributed by atoms with Crippen LogP contribution in [0, 0.1) is 0 Å². The van der Waals surface area contributed by atoms with Crippen molar-refractivity contribution in [3.63, 3.8) is 0 Å². The Morgan fingerprint density at radius 3 is 2.92 bits per heavy atom. The molecule has 0 radical (unpaired) electrons. The van der Waals surface area contributed by atoms with E-state index >= 15 is 0 Å². The van der Waals surface area contributed by atoms with Gasteiger partial charge in [-0.25, -0.2) is 8.42 Å². The molecule has 4 aliphatic rings. The number of nitrogens with zero attached hydrogens (tertiary/aromatic N) is 3. The molecule has 132 valence electrons. The third kappa shape index (κ3) is 2.43. The Bertz CT molecular complexity index is 907. The standard InChI is InChI=1S/C18H21N3O2S2/c1-25(22,23)20-9-8-13-10-12(6-7-15(13)20)17-11-24-18-19-14-4-2-3-5-16(14)21(17)18/h6-7,10-11,14,16H,2-5,8-9H2,1H3/t14-,16-/m0/s1. The average Bonchev–Trinajstić information content (AvgIpc) is 3.26. The summed E-state index contributed by atoms with van der Waals surface area (Å²) >= 11 is 1.73. The van der Waals surface area contributed by atoms with Gasteiger partial charge in [0.2, 0.25) is 10.0 Å². The van der Waals surface area contributed by atoms with Crippen LogP contribution in [0.1, 0.15) is 36.8 Å². The second-order valence-corrected chi connectivity index (χ2v) is 9.99. The summed E-state index contributed by atoms with van der Waals surface area (Å²) in [5.41, 5.74) is 4.37. The molecule has 7 heteroatoms. The predicted octanol–water partition coefficient (Wildman–Crippen LogP) is 3.04. The zero-order valence-electron chi connectivity index (χ0n) is 14.2. The lowest BCUT2D eigenvalue weighted by Crippen LogP contribution is -2.38. The van der Waals surface area contributed by atoms with Crippen LogP contribution in [0.2, 0.25) is 0 Å². The van der Waals surface area contributed by atoms with Crippen molar-refractivity contribution in [3.05, 3.63) is 34.7 Å². The third-order valence-electron chi connectivity index (χ3n) is 5.67. The number of aliphatic imine (C=N–C) groups is 1. The highest BCUT2D eigenvalue weighted by molar-refractivity contribution is 8.16. The topological polar surface area (TPSA) is 53.0 Å². The molecule has 5 nitrogen and oxygen atoms in total.